The predicted molar refractivity (Wildman–Crippen MR) is 98.5 cm³/mol. The Morgan fingerprint density at radius 2 is 2.19 bits per heavy atom. The number of para-hydroxylation sites is 1. The Balaban J connectivity index is 1.42. The smallest absolute Gasteiger partial charge is 0.269 e. The van der Waals surface area contributed by atoms with Gasteiger partial charge in [-0.1, -0.05) is 6.07 Å². The van der Waals surface area contributed by atoms with Gasteiger partial charge in [0.1, 0.15) is 5.69 Å². The van der Waals surface area contributed by atoms with Crippen molar-refractivity contribution in [1.82, 2.24) is 25.4 Å². The molecule has 4 rings (SSSR count). The molecule has 138 valence electrons. The average molecular weight is 384 g/mol. The number of nitrogens with two attached hydrogens (primary N) is 1. The maximum Gasteiger partial charge on any atom is 0.269 e. The first-order valence-electron chi connectivity index (χ1n) is 8.30. The molecule has 0 saturated carbocycles. The highest BCUT2D eigenvalue weighted by molar-refractivity contribution is 7.16. The van der Waals surface area contributed by atoms with Crippen molar-refractivity contribution in [2.45, 2.75) is 12.5 Å². The van der Waals surface area contributed by atoms with Crippen molar-refractivity contribution >= 4 is 39.3 Å². The molecule has 0 unspecified atom stereocenters. The van der Waals surface area contributed by atoms with Crippen LogP contribution in [-0.2, 0) is 0 Å². The minimum atomic E-state index is -0.709. The van der Waals surface area contributed by atoms with E-state index >= 15 is 0 Å². The van der Waals surface area contributed by atoms with Gasteiger partial charge in [0.15, 0.2) is 5.69 Å². The topological polar surface area (TPSA) is 134 Å². The lowest BCUT2D eigenvalue weighted by Crippen LogP contribution is -2.38. The van der Waals surface area contributed by atoms with Crippen molar-refractivity contribution in [3.63, 3.8) is 0 Å². The lowest BCUT2D eigenvalue weighted by atomic mass is 10.1. The Morgan fingerprint density at radius 3 is 2.96 bits per heavy atom. The van der Waals surface area contributed by atoms with Crippen LogP contribution in [0.15, 0.2) is 29.8 Å². The van der Waals surface area contributed by atoms with E-state index in [0.29, 0.717) is 30.6 Å². The molecule has 3 amide bonds. The second-order valence-corrected chi connectivity index (χ2v) is 7.13. The normalized spacial score (nSPS) is 16.6. The van der Waals surface area contributed by atoms with E-state index in [1.165, 1.54) is 17.4 Å². The number of carbonyl (C=O) groups is 3. The fourth-order valence-electron chi connectivity index (χ4n) is 3.12. The van der Waals surface area contributed by atoms with Gasteiger partial charge in [0.05, 0.1) is 21.3 Å². The molecule has 0 spiro atoms. The number of carbonyl (C=O) groups excluding carboxylic acids is 3. The van der Waals surface area contributed by atoms with E-state index in [1.54, 1.807) is 16.5 Å². The van der Waals surface area contributed by atoms with E-state index < -0.39 is 11.8 Å². The number of benzene rings is 1. The van der Waals surface area contributed by atoms with E-state index in [2.05, 4.69) is 20.5 Å². The van der Waals surface area contributed by atoms with Crippen LogP contribution in [0.3, 0.4) is 0 Å². The molecule has 0 radical (unpaired) electrons. The molecule has 3 heterocycles. The predicted octanol–water partition coefficient (Wildman–Crippen LogP) is 0.763. The van der Waals surface area contributed by atoms with Crippen molar-refractivity contribution in [3.05, 3.63) is 46.7 Å². The summed E-state index contributed by atoms with van der Waals surface area (Å²) in [6.07, 6.45) is 0.640. The van der Waals surface area contributed by atoms with E-state index in [1.807, 2.05) is 12.1 Å². The summed E-state index contributed by atoms with van der Waals surface area (Å²) in [6, 6.07) is 6.67. The number of hydrogen-bond donors (Lipinski definition) is 3. The molecule has 10 heteroatoms. The van der Waals surface area contributed by atoms with Crippen molar-refractivity contribution in [1.29, 1.82) is 0 Å². The molecule has 1 aliphatic heterocycles. The van der Waals surface area contributed by atoms with Crippen LogP contribution in [-0.4, -0.2) is 56.9 Å². The van der Waals surface area contributed by atoms with Crippen LogP contribution in [0.1, 0.15) is 37.8 Å². The van der Waals surface area contributed by atoms with Gasteiger partial charge >= 0.3 is 0 Å². The van der Waals surface area contributed by atoms with Crippen molar-refractivity contribution in [3.8, 4) is 0 Å². The quantitative estimate of drug-likeness (QED) is 0.611. The number of aromatic amines is 1. The second kappa shape index (κ2) is 6.80. The van der Waals surface area contributed by atoms with E-state index in [-0.39, 0.29) is 23.3 Å². The van der Waals surface area contributed by atoms with Gasteiger partial charge in [-0.15, -0.1) is 11.3 Å². The molecule has 0 aliphatic carbocycles. The van der Waals surface area contributed by atoms with Crippen LogP contribution in [0, 0.1) is 0 Å². The maximum atomic E-state index is 12.8. The largest absolute Gasteiger partial charge is 0.364 e. The molecular formula is C17H16N6O3S. The molecule has 27 heavy (non-hydrogen) atoms. The molecule has 3 aromatic rings. The molecular weight excluding hydrogens is 368 g/mol. The summed E-state index contributed by atoms with van der Waals surface area (Å²) in [5, 5.41) is 9.02. The van der Waals surface area contributed by atoms with Crippen LogP contribution in [0.2, 0.25) is 0 Å². The fourth-order valence-corrected chi connectivity index (χ4v) is 3.82. The van der Waals surface area contributed by atoms with Crippen LogP contribution in [0.25, 0.3) is 10.2 Å². The first-order valence-corrected chi connectivity index (χ1v) is 9.18. The average Bonchev–Trinajstić information content (AvgIpc) is 3.39. The lowest BCUT2D eigenvalue weighted by Gasteiger charge is -2.17. The minimum Gasteiger partial charge on any atom is -0.364 e. The van der Waals surface area contributed by atoms with Gasteiger partial charge in [-0.05, 0) is 18.6 Å². The van der Waals surface area contributed by atoms with Gasteiger partial charge in [-0.2, -0.15) is 5.10 Å². The summed E-state index contributed by atoms with van der Waals surface area (Å²) < 4.78 is 0.967. The summed E-state index contributed by atoms with van der Waals surface area (Å²) in [6.45, 7) is 0.946. The van der Waals surface area contributed by atoms with E-state index in [9.17, 15) is 14.4 Å². The fraction of sp³-hybridized carbons (Fsp3) is 0.235. The Morgan fingerprint density at radius 1 is 1.33 bits per heavy atom. The number of primary amides is 1. The number of fused-ring (bicyclic) bond motifs is 1. The van der Waals surface area contributed by atoms with Crippen molar-refractivity contribution < 1.29 is 14.4 Å². The number of aromatic nitrogens is 3. The summed E-state index contributed by atoms with van der Waals surface area (Å²) in [7, 11) is 0. The third-order valence-corrected chi connectivity index (χ3v) is 5.27. The summed E-state index contributed by atoms with van der Waals surface area (Å²) in [4.78, 5) is 42.2. The minimum absolute atomic E-state index is 0.000246. The summed E-state index contributed by atoms with van der Waals surface area (Å²) in [5.74, 6) is -1.20. The lowest BCUT2D eigenvalue weighted by molar-refractivity contribution is 0.0784. The van der Waals surface area contributed by atoms with E-state index in [0.717, 1.165) is 4.70 Å². The first kappa shape index (κ1) is 17.2. The van der Waals surface area contributed by atoms with Gasteiger partial charge in [-0.3, -0.25) is 19.5 Å². The molecule has 1 aromatic carbocycles. The molecule has 2 aromatic heterocycles. The number of nitrogens with zero attached hydrogens (tertiary/aromatic N) is 3. The second-order valence-electron chi connectivity index (χ2n) is 6.25. The Kier molecular flexibility index (Phi) is 4.32. The van der Waals surface area contributed by atoms with Crippen LogP contribution < -0.4 is 11.1 Å². The molecule has 0 bridgehead atoms. The third-order valence-electron chi connectivity index (χ3n) is 4.48. The van der Waals surface area contributed by atoms with Crippen LogP contribution in [0.4, 0.5) is 0 Å². The highest BCUT2D eigenvalue weighted by atomic mass is 32.1. The first-order chi connectivity index (χ1) is 13.0. The monoisotopic (exact) mass is 384 g/mol. The number of thiazole rings is 1. The van der Waals surface area contributed by atoms with Gasteiger partial charge < -0.3 is 16.0 Å². The van der Waals surface area contributed by atoms with Gasteiger partial charge in [0, 0.05) is 25.2 Å². The molecule has 1 aliphatic rings. The SMILES string of the molecule is NC(=O)c1cc(C(=O)N[C@@H]2CCN(C(=O)c3cccc4scnc34)C2)[nH]n1. The molecule has 4 N–H and O–H groups in total. The standard InChI is InChI=1S/C17H16N6O3S/c18-15(24)11-6-12(22-21-11)16(25)20-9-4-5-23(7-9)17(26)10-2-1-3-13-14(10)19-8-27-13/h1-3,6,8-9H,4-5,7H2,(H2,18,24)(H,20,25)(H,21,22)/t9-/m1/s1. The number of amides is 3. The Hall–Kier alpha value is -3.27. The molecule has 1 saturated heterocycles. The zero-order valence-electron chi connectivity index (χ0n) is 14.1. The van der Waals surface area contributed by atoms with Crippen LogP contribution in [0.5, 0.6) is 0 Å². The molecule has 9 nitrogen and oxygen atoms in total. The molecule has 1 atom stereocenters. The zero-order valence-corrected chi connectivity index (χ0v) is 15.0. The van der Waals surface area contributed by atoms with E-state index in [4.69, 9.17) is 5.73 Å². The van der Waals surface area contributed by atoms with Gasteiger partial charge in [0.2, 0.25) is 0 Å². The number of hydrogen-bond acceptors (Lipinski definition) is 6. The number of rotatable bonds is 4. The highest BCUT2D eigenvalue weighted by Crippen LogP contribution is 2.23. The summed E-state index contributed by atoms with van der Waals surface area (Å²) in [5.41, 5.74) is 8.28. The number of likely N-dealkylation sites (tertiary alicyclic amines) is 1. The Labute approximate surface area is 157 Å². The molecule has 1 fully saturated rings. The zero-order chi connectivity index (χ0) is 19.0. The number of H-pyrrole nitrogens is 1. The van der Waals surface area contributed by atoms with Crippen molar-refractivity contribution in [2.24, 2.45) is 5.73 Å². The van der Waals surface area contributed by atoms with Gasteiger partial charge in [0.25, 0.3) is 17.7 Å². The summed E-state index contributed by atoms with van der Waals surface area (Å²) >= 11 is 1.49. The van der Waals surface area contributed by atoms with Gasteiger partial charge in [-0.25, -0.2) is 4.98 Å². The maximum absolute atomic E-state index is 12.8. The van der Waals surface area contributed by atoms with Crippen molar-refractivity contribution in [2.75, 3.05) is 13.1 Å². The third kappa shape index (κ3) is 3.26. The number of nitrogens with one attached hydrogen (secondary N) is 2. The Bertz CT molecular complexity index is 1040. The van der Waals surface area contributed by atoms with Crippen LogP contribution >= 0.6 is 11.3 Å². The highest BCUT2D eigenvalue weighted by Gasteiger charge is 2.29.